The van der Waals surface area contributed by atoms with Gasteiger partial charge in [0.05, 0.1) is 11.4 Å². The highest BCUT2D eigenvalue weighted by Crippen LogP contribution is 2.39. The van der Waals surface area contributed by atoms with Crippen LogP contribution >= 0.6 is 11.3 Å². The van der Waals surface area contributed by atoms with Gasteiger partial charge in [-0.3, -0.25) is 0 Å². The van der Waals surface area contributed by atoms with Crippen molar-refractivity contribution in [2.24, 2.45) is 0 Å². The lowest BCUT2D eigenvalue weighted by molar-refractivity contribution is 0.978. The second-order valence-electron chi connectivity index (χ2n) is 15.2. The van der Waals surface area contributed by atoms with Crippen molar-refractivity contribution in [3.8, 4) is 78.9 Å². The summed E-state index contributed by atoms with van der Waals surface area (Å²) in [6.45, 7) is 0. The van der Waals surface area contributed by atoms with Crippen molar-refractivity contribution in [1.29, 1.82) is 0 Å². The molecule has 0 amide bonds. The van der Waals surface area contributed by atoms with E-state index >= 15 is 0 Å². The molecule has 0 saturated carbocycles. The quantitative estimate of drug-likeness (QED) is 0.153. The average Bonchev–Trinajstić information content (AvgIpc) is 3.73. The normalized spacial score (nSPS) is 12.5. The Kier molecular flexibility index (Phi) is 9.45. The van der Waals surface area contributed by atoms with Gasteiger partial charge in [0.25, 0.3) is 0 Å². The lowest BCUT2D eigenvalue weighted by Crippen LogP contribution is -2.04. The van der Waals surface area contributed by atoms with E-state index in [1.807, 2.05) is 53.8 Å². The van der Waals surface area contributed by atoms with E-state index in [-0.39, 0.29) is 0 Å². The van der Waals surface area contributed by atoms with Crippen LogP contribution in [0.15, 0.2) is 200 Å². The Morgan fingerprint density at radius 1 is 0.361 bits per heavy atom. The van der Waals surface area contributed by atoms with E-state index in [2.05, 4.69) is 158 Å². The Bertz CT molecular complexity index is 3240. The first-order valence-corrected chi connectivity index (χ1v) is 21.4. The van der Waals surface area contributed by atoms with E-state index in [0.717, 1.165) is 79.9 Å². The van der Waals surface area contributed by atoms with E-state index in [1.54, 1.807) is 0 Å². The molecule has 0 N–H and O–H groups in total. The molecule has 0 atom stereocenters. The first-order chi connectivity index (χ1) is 30.2. The summed E-state index contributed by atoms with van der Waals surface area (Å²) in [6.07, 6.45) is 8.22. The van der Waals surface area contributed by atoms with Gasteiger partial charge in [0.15, 0.2) is 23.3 Å². The van der Waals surface area contributed by atoms with Crippen LogP contribution < -0.4 is 0 Å². The van der Waals surface area contributed by atoms with Crippen molar-refractivity contribution in [2.45, 2.75) is 12.8 Å². The van der Waals surface area contributed by atoms with Crippen LogP contribution in [0.3, 0.4) is 0 Å². The number of rotatable bonds is 8. The number of fused-ring (bicyclic) bond motifs is 3. The average molecular weight is 800 g/mol. The van der Waals surface area contributed by atoms with Gasteiger partial charge in [0, 0.05) is 48.0 Å². The number of allylic oxidation sites excluding steroid dienone is 4. The maximum absolute atomic E-state index is 5.27. The molecule has 1 aliphatic carbocycles. The van der Waals surface area contributed by atoms with Crippen molar-refractivity contribution in [3.63, 3.8) is 0 Å². The molecule has 3 heterocycles. The van der Waals surface area contributed by atoms with Crippen molar-refractivity contribution in [3.05, 3.63) is 206 Å². The Balaban J connectivity index is 1.08. The van der Waals surface area contributed by atoms with Crippen molar-refractivity contribution >= 4 is 37.1 Å². The predicted octanol–water partition coefficient (Wildman–Crippen LogP) is 14.4. The lowest BCUT2D eigenvalue weighted by Gasteiger charge is -2.16. The van der Waals surface area contributed by atoms with Crippen molar-refractivity contribution < 1.29 is 0 Å². The van der Waals surface area contributed by atoms with E-state index < -0.39 is 0 Å². The van der Waals surface area contributed by atoms with Gasteiger partial charge in [0.1, 0.15) is 0 Å². The van der Waals surface area contributed by atoms with Gasteiger partial charge in [0.2, 0.25) is 0 Å². The molecule has 3 aromatic heterocycles. The Morgan fingerprint density at radius 2 is 0.951 bits per heavy atom. The molecule has 11 rings (SSSR count). The number of benzene rings is 7. The summed E-state index contributed by atoms with van der Waals surface area (Å²) < 4.78 is 2.59. The summed E-state index contributed by atoms with van der Waals surface area (Å²) in [6, 6.07) is 63.5. The van der Waals surface area contributed by atoms with Gasteiger partial charge < -0.3 is 0 Å². The fraction of sp³-hybridized carbons (Fsp3) is 0.0364. The largest absolute Gasteiger partial charge is 0.228 e. The zero-order chi connectivity index (χ0) is 40.5. The summed E-state index contributed by atoms with van der Waals surface area (Å²) in [5, 5.41) is 2.56. The van der Waals surface area contributed by atoms with E-state index in [1.165, 1.54) is 20.2 Å². The standard InChI is InChI=1S/C55H37N5S/c1-5-16-36(17-6-1)44-30-28-43(34-46(44)49-35-48(37-18-7-2-8-19-37)56-52(57-49)38-20-9-3-10-21-38)55-59-53(39-22-11-4-12-23-39)58-54(60-55)42-25-15-24-40(32-42)41-29-31-51-47(33-41)45-26-13-14-27-50(45)61-51/h1-11,13-22,24-35H,12,23H2. The smallest absolute Gasteiger partial charge is 0.164 e. The van der Waals surface area contributed by atoms with Gasteiger partial charge >= 0.3 is 0 Å². The molecule has 6 heteroatoms. The van der Waals surface area contributed by atoms with Gasteiger partial charge in [-0.2, -0.15) is 0 Å². The molecule has 5 nitrogen and oxygen atoms in total. The number of hydrogen-bond donors (Lipinski definition) is 0. The van der Waals surface area contributed by atoms with Crippen LogP contribution in [0.5, 0.6) is 0 Å². The third-order valence-electron chi connectivity index (χ3n) is 11.2. The van der Waals surface area contributed by atoms with Crippen LogP contribution in [-0.4, -0.2) is 24.9 Å². The number of hydrogen-bond acceptors (Lipinski definition) is 6. The molecule has 0 unspecified atom stereocenters. The number of nitrogens with zero attached hydrogens (tertiary/aromatic N) is 5. The Hall–Kier alpha value is -7.67. The van der Waals surface area contributed by atoms with Crippen LogP contribution in [-0.2, 0) is 0 Å². The van der Waals surface area contributed by atoms with Crippen LogP contribution in [0.25, 0.3) is 105 Å². The van der Waals surface area contributed by atoms with Crippen molar-refractivity contribution in [1.82, 2.24) is 24.9 Å². The monoisotopic (exact) mass is 799 g/mol. The minimum Gasteiger partial charge on any atom is -0.228 e. The first-order valence-electron chi connectivity index (χ1n) is 20.5. The van der Waals surface area contributed by atoms with Gasteiger partial charge in [-0.25, -0.2) is 24.9 Å². The predicted molar refractivity (Wildman–Crippen MR) is 253 cm³/mol. The molecule has 0 bridgehead atoms. The summed E-state index contributed by atoms with van der Waals surface area (Å²) in [7, 11) is 0. The maximum Gasteiger partial charge on any atom is 0.164 e. The topological polar surface area (TPSA) is 64.5 Å². The summed E-state index contributed by atoms with van der Waals surface area (Å²) >= 11 is 1.83. The highest BCUT2D eigenvalue weighted by Gasteiger charge is 2.19. The van der Waals surface area contributed by atoms with Gasteiger partial charge in [-0.15, -0.1) is 11.3 Å². The number of aromatic nitrogens is 5. The molecule has 0 radical (unpaired) electrons. The fourth-order valence-electron chi connectivity index (χ4n) is 8.13. The van der Waals surface area contributed by atoms with E-state index in [0.29, 0.717) is 23.3 Å². The molecule has 61 heavy (non-hydrogen) atoms. The highest BCUT2D eigenvalue weighted by molar-refractivity contribution is 7.25. The zero-order valence-electron chi connectivity index (χ0n) is 33.1. The van der Waals surface area contributed by atoms with Crippen LogP contribution in [0.1, 0.15) is 18.7 Å². The van der Waals surface area contributed by atoms with E-state index in [4.69, 9.17) is 24.9 Å². The fourth-order valence-corrected chi connectivity index (χ4v) is 9.22. The molecule has 0 saturated heterocycles. The molecule has 288 valence electrons. The molecule has 0 aliphatic heterocycles. The van der Waals surface area contributed by atoms with Gasteiger partial charge in [-0.1, -0.05) is 164 Å². The van der Waals surface area contributed by atoms with Crippen LogP contribution in [0.4, 0.5) is 0 Å². The second-order valence-corrected chi connectivity index (χ2v) is 16.3. The number of thiophene rings is 1. The summed E-state index contributed by atoms with van der Waals surface area (Å²) in [5.41, 5.74) is 11.9. The SMILES string of the molecule is C1=CCCC(c2nc(-c3cccc(-c4ccc5sc6ccccc6c5c4)c3)nc(-c3ccc(-c4ccccc4)c(-c4cc(-c5ccccc5)nc(-c5ccccc5)n4)c3)n2)=C1. The zero-order valence-corrected chi connectivity index (χ0v) is 33.9. The Morgan fingerprint density at radius 3 is 1.72 bits per heavy atom. The second kappa shape index (κ2) is 15.8. The van der Waals surface area contributed by atoms with Crippen LogP contribution in [0, 0.1) is 0 Å². The first kappa shape index (κ1) is 36.4. The summed E-state index contributed by atoms with van der Waals surface area (Å²) in [5.74, 6) is 2.59. The summed E-state index contributed by atoms with van der Waals surface area (Å²) in [4.78, 5) is 26.0. The van der Waals surface area contributed by atoms with Crippen molar-refractivity contribution in [2.75, 3.05) is 0 Å². The minimum atomic E-state index is 0.605. The molecule has 10 aromatic rings. The molecular formula is C55H37N5S. The highest BCUT2D eigenvalue weighted by atomic mass is 32.1. The molecule has 7 aromatic carbocycles. The van der Waals surface area contributed by atoms with E-state index in [9.17, 15) is 0 Å². The maximum atomic E-state index is 5.27. The molecule has 0 spiro atoms. The third kappa shape index (κ3) is 7.24. The molecule has 1 aliphatic rings. The van der Waals surface area contributed by atoms with Crippen LogP contribution in [0.2, 0.25) is 0 Å². The molecule has 0 fully saturated rings. The minimum absolute atomic E-state index is 0.605. The Labute approximate surface area is 358 Å². The lowest BCUT2D eigenvalue weighted by atomic mass is 9.94. The molecular weight excluding hydrogens is 763 g/mol. The third-order valence-corrected chi connectivity index (χ3v) is 12.4. The van der Waals surface area contributed by atoms with Gasteiger partial charge in [-0.05, 0) is 77.1 Å².